The maximum atomic E-state index is 2.64. The number of hydrogen-bond acceptors (Lipinski definition) is 3. The average molecular weight is 869 g/mol. The van der Waals surface area contributed by atoms with Crippen molar-refractivity contribution in [3.63, 3.8) is 0 Å². The maximum Gasteiger partial charge on any atom is 0.247 e. The van der Waals surface area contributed by atoms with E-state index in [1.54, 1.807) is 0 Å². The molecule has 4 bridgehead atoms. The van der Waals surface area contributed by atoms with Gasteiger partial charge in [0, 0.05) is 72.4 Å². The van der Waals surface area contributed by atoms with Crippen LogP contribution in [0.3, 0.4) is 0 Å². The van der Waals surface area contributed by atoms with Crippen LogP contribution in [0.1, 0.15) is 48.1 Å². The number of pyridine rings is 2. The van der Waals surface area contributed by atoms with Gasteiger partial charge in [-0.3, -0.25) is 0 Å². The van der Waals surface area contributed by atoms with Crippen LogP contribution >= 0.6 is 22.7 Å². The van der Waals surface area contributed by atoms with Crippen LogP contribution in [-0.4, -0.2) is 4.57 Å². The van der Waals surface area contributed by atoms with Gasteiger partial charge in [-0.05, 0) is 118 Å². The Bertz CT molecular complexity index is 3910. The first kappa shape index (κ1) is 35.3. The van der Waals surface area contributed by atoms with Crippen molar-refractivity contribution in [1.82, 2.24) is 4.57 Å². The lowest BCUT2D eigenvalue weighted by atomic mass is 9.82. The summed E-state index contributed by atoms with van der Waals surface area (Å²) >= 11 is 3.86. The summed E-state index contributed by atoms with van der Waals surface area (Å²) in [7, 11) is 0. The van der Waals surface area contributed by atoms with Crippen LogP contribution < -0.4 is 14.0 Å². The second-order valence-corrected chi connectivity index (χ2v) is 21.5. The van der Waals surface area contributed by atoms with Gasteiger partial charge in [0.25, 0.3) is 0 Å². The molecule has 6 aromatic carbocycles. The first-order valence-electron chi connectivity index (χ1n) is 22.9. The van der Waals surface area contributed by atoms with Crippen molar-refractivity contribution in [3.05, 3.63) is 205 Å². The van der Waals surface area contributed by atoms with Crippen molar-refractivity contribution in [2.24, 2.45) is 0 Å². The third kappa shape index (κ3) is 4.29. The smallest absolute Gasteiger partial charge is 0.247 e. The van der Waals surface area contributed by atoms with Crippen LogP contribution in [0.25, 0.3) is 81.0 Å². The van der Waals surface area contributed by atoms with Gasteiger partial charge in [0.05, 0.1) is 33.5 Å². The summed E-state index contributed by atoms with van der Waals surface area (Å²) in [6.45, 7) is 4.76. The van der Waals surface area contributed by atoms with Gasteiger partial charge in [-0.2, -0.15) is 9.13 Å². The Labute approximate surface area is 384 Å². The fourth-order valence-corrected chi connectivity index (χ4v) is 15.6. The highest BCUT2D eigenvalue weighted by atomic mass is 32.1. The van der Waals surface area contributed by atoms with Crippen LogP contribution in [0.4, 0.5) is 16.4 Å². The first-order chi connectivity index (χ1) is 32.0. The van der Waals surface area contributed by atoms with Crippen LogP contribution in [0.15, 0.2) is 182 Å². The fraction of sp³-hybridized carbons (Fsp3) is 0.119. The average Bonchev–Trinajstić information content (AvgIpc) is 3.67. The first-order valence-corrected chi connectivity index (χ1v) is 24.5. The summed E-state index contributed by atoms with van der Waals surface area (Å²) < 4.78 is 10.4. The molecule has 0 radical (unpaired) electrons. The predicted molar refractivity (Wildman–Crippen MR) is 266 cm³/mol. The number of rotatable bonds is 3. The van der Waals surface area contributed by atoms with Gasteiger partial charge in [-0.15, -0.1) is 22.7 Å². The molecule has 3 aliphatic heterocycles. The number of fused-ring (bicyclic) bond motifs is 10. The molecule has 5 aromatic heterocycles. The van der Waals surface area contributed by atoms with Gasteiger partial charge < -0.3 is 9.47 Å². The van der Waals surface area contributed by atoms with E-state index in [9.17, 15) is 0 Å². The fourth-order valence-electron chi connectivity index (χ4n) is 13.2. The van der Waals surface area contributed by atoms with Crippen molar-refractivity contribution in [2.45, 2.75) is 43.2 Å². The normalized spacial score (nSPS) is 19.6. The highest BCUT2D eigenvalue weighted by Gasteiger charge is 2.84. The molecule has 0 amide bonds. The summed E-state index contributed by atoms with van der Waals surface area (Å²) in [4.78, 5) is 3.94. The zero-order valence-corrected chi connectivity index (χ0v) is 37.4. The lowest BCUT2D eigenvalue weighted by Crippen LogP contribution is -2.56. The summed E-state index contributed by atoms with van der Waals surface area (Å²) in [5, 5.41) is 3.87. The van der Waals surface area contributed by atoms with Gasteiger partial charge in [-0.1, -0.05) is 74.5 Å². The molecule has 306 valence electrons. The van der Waals surface area contributed by atoms with E-state index in [1.807, 2.05) is 22.7 Å². The Kier molecular flexibility index (Phi) is 6.49. The monoisotopic (exact) mass is 868 g/mol. The molecule has 2 unspecified atom stereocenters. The van der Waals surface area contributed by atoms with Crippen molar-refractivity contribution in [3.8, 4) is 49.8 Å². The molecule has 0 N–H and O–H groups in total. The Morgan fingerprint density at radius 1 is 0.569 bits per heavy atom. The van der Waals surface area contributed by atoms with E-state index in [2.05, 4.69) is 215 Å². The Balaban J connectivity index is 0.875. The molecular weight excluding hydrogens is 829 g/mol. The molecule has 65 heavy (non-hydrogen) atoms. The molecule has 8 heterocycles. The topological polar surface area (TPSA) is 15.9 Å². The van der Waals surface area contributed by atoms with E-state index in [1.165, 1.54) is 120 Å². The third-order valence-electron chi connectivity index (χ3n) is 16.0. The minimum atomic E-state index is -0.0724. The molecule has 0 saturated heterocycles. The number of benzene rings is 6. The number of nitrogens with zero attached hydrogens (tertiary/aromatic N) is 4. The molecule has 11 aromatic rings. The number of thiophene rings is 2. The zero-order valence-electron chi connectivity index (χ0n) is 35.8. The Hall–Kier alpha value is -7.12. The molecule has 2 aliphatic carbocycles. The minimum absolute atomic E-state index is 0.0613. The number of hydrogen-bond donors (Lipinski definition) is 0. The maximum absolute atomic E-state index is 2.64. The summed E-state index contributed by atoms with van der Waals surface area (Å²) in [5.74, 6) is 0.362. The molecule has 4 nitrogen and oxygen atoms in total. The van der Waals surface area contributed by atoms with Gasteiger partial charge in [0.2, 0.25) is 23.0 Å². The van der Waals surface area contributed by atoms with Crippen molar-refractivity contribution >= 4 is 70.3 Å². The number of aromatic nitrogens is 3. The zero-order chi connectivity index (χ0) is 42.5. The Morgan fingerprint density at radius 3 is 2.22 bits per heavy atom. The van der Waals surface area contributed by atoms with Gasteiger partial charge in [0.1, 0.15) is 10.9 Å². The standard InChI is InChI=1S/C59H40N4S2/c1-58(2)43-19-7-6-16-36(43)39-29-41-40-28-34(24-25-48(40)62(50(41)30-44(39)58)35-14-4-3-5-15-35)51-31-52-53(64-51)32-54(65-52)63-47-22-12-17-37-42(47)33-59(61-27-11-9-21-46(37)61)56-55-38(18-13-23-49(55)63)45-20-8-10-26-60(45)57(56)59/h3-32,56-57H,33H2,1-2H3/q+2/t56-,57?,59?/m0/s1. The van der Waals surface area contributed by atoms with E-state index in [4.69, 9.17) is 0 Å². The SMILES string of the molecule is CC1(C)c2ccccc2-c2cc3c4cc(-c5cc6sc(N7c8cccc9c8CC8(C%10[C@@H]8c8c(cccc87)-c7cccc[n+]7%10)[n+]7ccccc7-9)cc6s5)ccc4n(-c4ccccc4)c3cc21. The van der Waals surface area contributed by atoms with Crippen molar-refractivity contribution < 1.29 is 9.13 Å². The summed E-state index contributed by atoms with van der Waals surface area (Å²) in [5.41, 5.74) is 21.3. The van der Waals surface area contributed by atoms with E-state index in [0.717, 1.165) is 6.42 Å². The predicted octanol–water partition coefficient (Wildman–Crippen LogP) is 14.3. The van der Waals surface area contributed by atoms with Crippen molar-refractivity contribution in [2.75, 3.05) is 4.90 Å². The van der Waals surface area contributed by atoms with Gasteiger partial charge >= 0.3 is 0 Å². The quantitative estimate of drug-likeness (QED) is 0.162. The van der Waals surface area contributed by atoms with Crippen LogP contribution in [0.5, 0.6) is 0 Å². The summed E-state index contributed by atoms with van der Waals surface area (Å²) in [6.07, 6.45) is 5.68. The van der Waals surface area contributed by atoms with Gasteiger partial charge in [0.15, 0.2) is 12.4 Å². The van der Waals surface area contributed by atoms with E-state index >= 15 is 0 Å². The highest BCUT2D eigenvalue weighted by Crippen LogP contribution is 2.71. The third-order valence-corrected chi connectivity index (χ3v) is 18.3. The molecule has 1 spiro atoms. The largest absolute Gasteiger partial charge is 0.309 e. The molecule has 5 aliphatic rings. The second-order valence-electron chi connectivity index (χ2n) is 19.3. The highest BCUT2D eigenvalue weighted by molar-refractivity contribution is 7.31. The number of anilines is 3. The van der Waals surface area contributed by atoms with Crippen molar-refractivity contribution in [1.29, 1.82) is 0 Å². The van der Waals surface area contributed by atoms with Crippen LogP contribution in [-0.2, 0) is 17.4 Å². The van der Waals surface area contributed by atoms with Crippen LogP contribution in [0, 0.1) is 0 Å². The van der Waals surface area contributed by atoms with E-state index in [0.29, 0.717) is 12.0 Å². The van der Waals surface area contributed by atoms with E-state index in [-0.39, 0.29) is 11.0 Å². The second kappa shape index (κ2) is 12.0. The lowest BCUT2D eigenvalue weighted by molar-refractivity contribution is -0.784. The molecule has 1 saturated carbocycles. The molecule has 3 atom stereocenters. The Morgan fingerprint density at radius 2 is 1.32 bits per heavy atom. The van der Waals surface area contributed by atoms with Crippen LogP contribution in [0.2, 0.25) is 0 Å². The molecule has 16 rings (SSSR count). The number of para-hydroxylation sites is 1. The molecule has 6 heteroatoms. The van der Waals surface area contributed by atoms with Gasteiger partial charge in [-0.25, -0.2) is 0 Å². The molecule has 1 fully saturated rings. The van der Waals surface area contributed by atoms with E-state index < -0.39 is 0 Å². The minimum Gasteiger partial charge on any atom is -0.309 e. The summed E-state index contributed by atoms with van der Waals surface area (Å²) in [6, 6.07) is 64.9. The molecular formula is C59H40N4S2+2. The lowest BCUT2D eigenvalue weighted by Gasteiger charge is -2.33.